The fourth-order valence-corrected chi connectivity index (χ4v) is 4.71. The molecule has 1 heterocycles. The average molecular weight is 424 g/mol. The van der Waals surface area contributed by atoms with E-state index in [1.165, 1.54) is 12.1 Å². The predicted molar refractivity (Wildman–Crippen MR) is 113 cm³/mol. The van der Waals surface area contributed by atoms with Crippen LogP contribution in [-0.2, 0) is 14.8 Å². The van der Waals surface area contributed by atoms with Gasteiger partial charge in [-0.15, -0.1) is 0 Å². The highest BCUT2D eigenvalue weighted by Gasteiger charge is 2.31. The molecule has 0 aliphatic heterocycles. The van der Waals surface area contributed by atoms with Crippen LogP contribution in [0.1, 0.15) is 5.56 Å². The molecule has 0 unspecified atom stereocenters. The number of carbonyl (C=O) groups excluding carboxylic acids is 1. The predicted octanol–water partition coefficient (Wildman–Crippen LogP) is 4.27. The first-order valence-electron chi connectivity index (χ1n) is 8.51. The van der Waals surface area contributed by atoms with Gasteiger partial charge in [0.1, 0.15) is 5.40 Å². The lowest BCUT2D eigenvalue weighted by atomic mass is 10.2. The van der Waals surface area contributed by atoms with Gasteiger partial charge < -0.3 is 4.57 Å². The summed E-state index contributed by atoms with van der Waals surface area (Å²) >= 11 is 0.939. The Morgan fingerprint density at radius 3 is 2.48 bits per heavy atom. The number of amides is 1. The fraction of sp³-hybridized carbons (Fsp3) is 0.0476. The van der Waals surface area contributed by atoms with Gasteiger partial charge in [-0.25, -0.2) is 8.42 Å². The van der Waals surface area contributed by atoms with Crippen LogP contribution in [0.2, 0.25) is 0 Å². The minimum Gasteiger partial charge on any atom is -0.309 e. The molecule has 0 radical (unpaired) electrons. The van der Waals surface area contributed by atoms with Crippen molar-refractivity contribution in [3.05, 3.63) is 85.1 Å². The lowest BCUT2D eigenvalue weighted by Gasteiger charge is -2.24. The summed E-state index contributed by atoms with van der Waals surface area (Å²) in [5.74, 6) is -0.778. The van der Waals surface area contributed by atoms with E-state index in [4.69, 9.17) is 5.26 Å². The van der Waals surface area contributed by atoms with Crippen molar-refractivity contribution >= 4 is 33.4 Å². The Morgan fingerprint density at radius 2 is 1.83 bits per heavy atom. The Morgan fingerprint density at radius 1 is 1.14 bits per heavy atom. The van der Waals surface area contributed by atoms with Crippen LogP contribution >= 0.6 is 11.8 Å². The summed E-state index contributed by atoms with van der Waals surface area (Å²) in [6, 6.07) is 16.3. The second-order valence-corrected chi connectivity index (χ2v) is 8.62. The zero-order chi connectivity index (χ0) is 21.0. The molecule has 2 aromatic carbocycles. The molecule has 8 heteroatoms. The van der Waals surface area contributed by atoms with E-state index in [2.05, 4.69) is 6.58 Å². The highest BCUT2D eigenvalue weighted by atomic mass is 32.2. The largest absolute Gasteiger partial charge is 0.309 e. The van der Waals surface area contributed by atoms with Crippen molar-refractivity contribution in [2.24, 2.45) is 0 Å². The Bertz CT molecular complexity index is 1210. The van der Waals surface area contributed by atoms with Crippen molar-refractivity contribution in [1.29, 1.82) is 5.26 Å². The second-order valence-electron chi connectivity index (χ2n) is 6.02. The summed E-state index contributed by atoms with van der Waals surface area (Å²) in [6.45, 7) is 5.30. The van der Waals surface area contributed by atoms with Gasteiger partial charge in [-0.3, -0.25) is 4.79 Å². The van der Waals surface area contributed by atoms with Crippen LogP contribution in [0, 0.1) is 17.6 Å². The Kier molecular flexibility index (Phi) is 5.92. The summed E-state index contributed by atoms with van der Waals surface area (Å²) in [4.78, 5) is 12.7. The average Bonchev–Trinajstić information content (AvgIpc) is 3.17. The molecule has 1 aromatic heterocycles. The van der Waals surface area contributed by atoms with Crippen molar-refractivity contribution in [2.75, 3.05) is 4.31 Å². The summed E-state index contributed by atoms with van der Waals surface area (Å²) in [5.41, 5.74) is 1.51. The summed E-state index contributed by atoms with van der Waals surface area (Å²) in [6.07, 6.45) is 2.66. The lowest BCUT2D eigenvalue weighted by Crippen LogP contribution is -2.36. The van der Waals surface area contributed by atoms with E-state index >= 15 is 0 Å². The van der Waals surface area contributed by atoms with Crippen LogP contribution in [0.25, 0.3) is 5.69 Å². The first-order chi connectivity index (χ1) is 13.9. The van der Waals surface area contributed by atoms with Gasteiger partial charge in [-0.1, -0.05) is 36.4 Å². The van der Waals surface area contributed by atoms with E-state index in [9.17, 15) is 13.2 Å². The number of nitriles is 1. The molecular formula is C21H17N3O3S2. The number of hydrogen-bond donors (Lipinski definition) is 0. The number of nitrogens with zero attached hydrogens (tertiary/aromatic N) is 3. The van der Waals surface area contributed by atoms with Crippen LogP contribution in [-0.4, -0.2) is 18.9 Å². The van der Waals surface area contributed by atoms with Crippen molar-refractivity contribution in [1.82, 2.24) is 4.57 Å². The summed E-state index contributed by atoms with van der Waals surface area (Å²) in [5, 5.41) is 11.6. The maximum absolute atomic E-state index is 13.4. The van der Waals surface area contributed by atoms with E-state index in [0.717, 1.165) is 27.7 Å². The first-order valence-corrected chi connectivity index (χ1v) is 10.8. The monoisotopic (exact) mass is 423 g/mol. The standard InChI is InChI=1S/C21H17N3O3S2/c1-3-20(25)24(29(26,27)17-12-10-16(2)11-13-17)19-8-5-4-7-18(19)23-14-6-9-21(23)28-15-22/h3-14H,1H2,2H3. The van der Waals surface area contributed by atoms with Gasteiger partial charge in [-0.2, -0.15) is 9.57 Å². The zero-order valence-electron chi connectivity index (χ0n) is 15.5. The third kappa shape index (κ3) is 3.97. The molecule has 0 saturated carbocycles. The number of rotatable bonds is 6. The fourth-order valence-electron chi connectivity index (χ4n) is 2.80. The number of aromatic nitrogens is 1. The molecule has 0 spiro atoms. The van der Waals surface area contributed by atoms with Gasteiger partial charge in [0.2, 0.25) is 0 Å². The van der Waals surface area contributed by atoms with Gasteiger partial charge >= 0.3 is 0 Å². The normalized spacial score (nSPS) is 10.9. The second kappa shape index (κ2) is 8.39. The van der Waals surface area contributed by atoms with E-state index in [1.807, 2.05) is 12.3 Å². The minimum atomic E-state index is -4.19. The molecule has 3 rings (SSSR count). The van der Waals surface area contributed by atoms with Crippen molar-refractivity contribution < 1.29 is 13.2 Å². The maximum atomic E-state index is 13.4. The molecule has 6 nitrogen and oxygen atoms in total. The van der Waals surface area contributed by atoms with Gasteiger partial charge in [-0.05, 0) is 49.4 Å². The molecule has 1 amide bonds. The maximum Gasteiger partial charge on any atom is 0.271 e. The number of thiocyanates is 1. The molecule has 0 saturated heterocycles. The van der Waals surface area contributed by atoms with Gasteiger partial charge in [0.15, 0.2) is 0 Å². The van der Waals surface area contributed by atoms with Crippen LogP contribution in [0.4, 0.5) is 5.69 Å². The van der Waals surface area contributed by atoms with Crippen LogP contribution in [0.15, 0.2) is 89.4 Å². The SMILES string of the molecule is C=CC(=O)N(c1ccccc1-n1cccc1SC#N)S(=O)(=O)c1ccc(C)cc1. The van der Waals surface area contributed by atoms with Crippen LogP contribution in [0.5, 0.6) is 0 Å². The molecular weight excluding hydrogens is 406 g/mol. The van der Waals surface area contributed by atoms with Crippen LogP contribution in [0.3, 0.4) is 0 Å². The molecule has 0 N–H and O–H groups in total. The number of benzene rings is 2. The Balaban J connectivity index is 2.23. The number of aryl methyl sites for hydroxylation is 1. The number of sulfonamides is 1. The molecule has 0 aliphatic carbocycles. The van der Waals surface area contributed by atoms with Crippen molar-refractivity contribution in [2.45, 2.75) is 16.8 Å². The van der Waals surface area contributed by atoms with Crippen molar-refractivity contribution in [3.8, 4) is 11.1 Å². The molecule has 0 fully saturated rings. The van der Waals surface area contributed by atoms with E-state index in [0.29, 0.717) is 10.7 Å². The minimum absolute atomic E-state index is 0.00719. The number of hydrogen-bond acceptors (Lipinski definition) is 5. The van der Waals surface area contributed by atoms with Gasteiger partial charge in [0.25, 0.3) is 15.9 Å². The molecule has 29 heavy (non-hydrogen) atoms. The molecule has 0 aliphatic rings. The number of para-hydroxylation sites is 2. The molecule has 146 valence electrons. The molecule has 0 bridgehead atoms. The molecule has 3 aromatic rings. The first kappa shape index (κ1) is 20.5. The highest BCUT2D eigenvalue weighted by Crippen LogP contribution is 2.33. The van der Waals surface area contributed by atoms with Gasteiger partial charge in [0, 0.05) is 18.0 Å². The Hall–Kier alpha value is -3.28. The van der Waals surface area contributed by atoms with Crippen molar-refractivity contribution in [3.63, 3.8) is 0 Å². The number of carbonyl (C=O) groups is 1. The third-order valence-corrected chi connectivity index (χ3v) is 6.51. The summed E-state index contributed by atoms with van der Waals surface area (Å²) < 4.78 is 29.1. The topological polar surface area (TPSA) is 83.2 Å². The third-order valence-electron chi connectivity index (χ3n) is 4.16. The molecule has 0 atom stereocenters. The van der Waals surface area contributed by atoms with E-state index < -0.39 is 15.9 Å². The smallest absolute Gasteiger partial charge is 0.271 e. The van der Waals surface area contributed by atoms with Gasteiger partial charge in [0.05, 0.1) is 21.3 Å². The number of thioether (sulfide) groups is 1. The number of anilines is 1. The quantitative estimate of drug-likeness (QED) is 0.336. The zero-order valence-corrected chi connectivity index (χ0v) is 17.2. The van der Waals surface area contributed by atoms with Crippen LogP contribution < -0.4 is 4.31 Å². The lowest BCUT2D eigenvalue weighted by molar-refractivity contribution is -0.113. The highest BCUT2D eigenvalue weighted by molar-refractivity contribution is 8.03. The van der Waals surface area contributed by atoms with E-state index in [1.54, 1.807) is 59.3 Å². The Labute approximate surface area is 173 Å². The summed E-state index contributed by atoms with van der Waals surface area (Å²) in [7, 11) is -4.19. The van der Waals surface area contributed by atoms with E-state index in [-0.39, 0.29) is 10.6 Å².